The molecule has 0 fully saturated rings. The lowest BCUT2D eigenvalue weighted by molar-refractivity contribution is 0.0948. The number of halogens is 2. The minimum Gasteiger partial charge on any atom is -0.289 e. The number of rotatable bonds is 2. The lowest BCUT2D eigenvalue weighted by Gasteiger charge is -1.99. The molecule has 2 rings (SSSR count). The highest BCUT2D eigenvalue weighted by Crippen LogP contribution is 2.12. The van der Waals surface area contributed by atoms with Gasteiger partial charge >= 0.3 is 0 Å². The van der Waals surface area contributed by atoms with E-state index >= 15 is 0 Å². The van der Waals surface area contributed by atoms with E-state index in [-0.39, 0.29) is 11.4 Å². The summed E-state index contributed by atoms with van der Waals surface area (Å²) >= 11 is 0. The molecule has 0 saturated heterocycles. The van der Waals surface area contributed by atoms with Gasteiger partial charge in [0.2, 0.25) is 0 Å². The van der Waals surface area contributed by atoms with Crippen LogP contribution in [0.25, 0.3) is 5.69 Å². The van der Waals surface area contributed by atoms with Gasteiger partial charge in [0.25, 0.3) is 5.91 Å². The molecule has 0 radical (unpaired) electrons. The van der Waals surface area contributed by atoms with Crippen LogP contribution in [0.3, 0.4) is 0 Å². The van der Waals surface area contributed by atoms with Crippen molar-refractivity contribution in [1.82, 2.24) is 20.4 Å². The molecule has 0 aliphatic rings. The smallest absolute Gasteiger partial charge is 0.287 e. The lowest BCUT2D eigenvalue weighted by Crippen LogP contribution is -2.30. The van der Waals surface area contributed by atoms with E-state index in [1.165, 1.54) is 12.3 Å². The molecule has 1 aromatic heterocycles. The number of hydrazine groups is 1. The van der Waals surface area contributed by atoms with Crippen LogP contribution in [-0.4, -0.2) is 20.9 Å². The Hall–Kier alpha value is -2.35. The monoisotopic (exact) mass is 239 g/mol. The second-order valence-corrected chi connectivity index (χ2v) is 3.12. The summed E-state index contributed by atoms with van der Waals surface area (Å²) in [4.78, 5) is 11.1. The third-order valence-corrected chi connectivity index (χ3v) is 2.02. The van der Waals surface area contributed by atoms with Crippen molar-refractivity contribution >= 4 is 5.91 Å². The van der Waals surface area contributed by atoms with Gasteiger partial charge in [0, 0.05) is 6.07 Å². The van der Waals surface area contributed by atoms with E-state index in [9.17, 15) is 13.6 Å². The van der Waals surface area contributed by atoms with Crippen molar-refractivity contribution in [2.75, 3.05) is 0 Å². The third-order valence-electron chi connectivity index (χ3n) is 2.02. The summed E-state index contributed by atoms with van der Waals surface area (Å²) < 4.78 is 26.8. The quantitative estimate of drug-likeness (QED) is 0.443. The van der Waals surface area contributed by atoms with Gasteiger partial charge < -0.3 is 0 Å². The second-order valence-electron chi connectivity index (χ2n) is 3.12. The Morgan fingerprint density at radius 2 is 2.12 bits per heavy atom. The molecule has 3 N–H and O–H groups in total. The van der Waals surface area contributed by atoms with Crippen molar-refractivity contribution < 1.29 is 13.6 Å². The first kappa shape index (κ1) is 11.1. The highest BCUT2D eigenvalue weighted by Gasteiger charge is 2.11. The molecule has 0 unspecified atom stereocenters. The van der Waals surface area contributed by atoms with E-state index < -0.39 is 17.5 Å². The minimum atomic E-state index is -1.01. The van der Waals surface area contributed by atoms with E-state index in [1.54, 1.807) is 0 Å². The van der Waals surface area contributed by atoms with E-state index in [4.69, 9.17) is 5.84 Å². The number of benzene rings is 1. The summed E-state index contributed by atoms with van der Waals surface area (Å²) in [6.07, 6.45) is 1.24. The molecule has 0 saturated carbocycles. The maximum absolute atomic E-state index is 13.0. The largest absolute Gasteiger partial charge is 0.289 e. The summed E-state index contributed by atoms with van der Waals surface area (Å²) in [5, 5.41) is 7.11. The molecule has 1 heterocycles. The number of nitrogen functional groups attached to an aromatic ring is 1. The van der Waals surface area contributed by atoms with Crippen LogP contribution in [0.2, 0.25) is 0 Å². The first-order valence-corrected chi connectivity index (χ1v) is 4.50. The van der Waals surface area contributed by atoms with Crippen molar-refractivity contribution in [2.24, 2.45) is 5.84 Å². The average molecular weight is 239 g/mol. The summed E-state index contributed by atoms with van der Waals surface area (Å²) in [5.74, 6) is 2.31. The number of nitrogens with one attached hydrogen (secondary N) is 1. The number of aromatic nitrogens is 3. The van der Waals surface area contributed by atoms with E-state index in [0.717, 1.165) is 16.8 Å². The van der Waals surface area contributed by atoms with Gasteiger partial charge in [-0.15, -0.1) is 5.10 Å². The van der Waals surface area contributed by atoms with E-state index in [0.29, 0.717) is 0 Å². The molecule has 0 aliphatic carbocycles. The van der Waals surface area contributed by atoms with Crippen molar-refractivity contribution in [3.8, 4) is 5.69 Å². The van der Waals surface area contributed by atoms with E-state index in [2.05, 4.69) is 10.3 Å². The van der Waals surface area contributed by atoms with Crippen LogP contribution >= 0.6 is 0 Å². The Morgan fingerprint density at radius 3 is 2.76 bits per heavy atom. The van der Waals surface area contributed by atoms with Crippen LogP contribution < -0.4 is 11.3 Å². The van der Waals surface area contributed by atoms with Gasteiger partial charge in [-0.3, -0.25) is 10.2 Å². The minimum absolute atomic E-state index is 0.0303. The van der Waals surface area contributed by atoms with Crippen molar-refractivity contribution in [3.63, 3.8) is 0 Å². The number of amides is 1. The van der Waals surface area contributed by atoms with Gasteiger partial charge in [0.15, 0.2) is 17.3 Å². The number of hydrogen-bond acceptors (Lipinski definition) is 4. The van der Waals surface area contributed by atoms with Crippen molar-refractivity contribution in [2.45, 2.75) is 0 Å². The Balaban J connectivity index is 2.37. The predicted octanol–water partition coefficient (Wildman–Crippen LogP) is 0.149. The molecule has 8 heteroatoms. The fourth-order valence-electron chi connectivity index (χ4n) is 1.20. The van der Waals surface area contributed by atoms with Crippen molar-refractivity contribution in [3.05, 3.63) is 41.7 Å². The normalized spacial score (nSPS) is 10.3. The van der Waals surface area contributed by atoms with Crippen LogP contribution in [0.5, 0.6) is 0 Å². The summed E-state index contributed by atoms with van der Waals surface area (Å²) in [6, 6.07) is 3.19. The molecule has 88 valence electrons. The molecule has 0 atom stereocenters. The SMILES string of the molecule is NNC(=O)c1cn(-c2ccc(F)c(F)c2)nn1. The van der Waals surface area contributed by atoms with Crippen LogP contribution in [0, 0.1) is 11.6 Å². The van der Waals surface area contributed by atoms with Gasteiger partial charge in [-0.1, -0.05) is 5.21 Å². The molecule has 0 bridgehead atoms. The summed E-state index contributed by atoms with van der Waals surface area (Å²) in [6.45, 7) is 0. The number of carbonyl (C=O) groups excluding carboxylic acids is 1. The molecule has 0 aliphatic heterocycles. The number of nitrogens with zero attached hydrogens (tertiary/aromatic N) is 3. The zero-order valence-corrected chi connectivity index (χ0v) is 8.39. The van der Waals surface area contributed by atoms with Crippen LogP contribution in [0.1, 0.15) is 10.5 Å². The lowest BCUT2D eigenvalue weighted by atomic mass is 10.3. The Kier molecular flexibility index (Phi) is 2.79. The van der Waals surface area contributed by atoms with Crippen LogP contribution in [0.15, 0.2) is 24.4 Å². The second kappa shape index (κ2) is 4.26. The fourth-order valence-corrected chi connectivity index (χ4v) is 1.20. The third kappa shape index (κ3) is 2.11. The van der Waals surface area contributed by atoms with Gasteiger partial charge in [0.1, 0.15) is 0 Å². The molecular formula is C9H7F2N5O. The predicted molar refractivity (Wildman–Crippen MR) is 52.9 cm³/mol. The molecule has 1 amide bonds. The van der Waals surface area contributed by atoms with E-state index in [1.807, 2.05) is 5.43 Å². The summed E-state index contributed by atoms with van der Waals surface area (Å²) in [5.41, 5.74) is 2.09. The molecule has 2 aromatic rings. The number of carbonyl (C=O) groups is 1. The highest BCUT2D eigenvalue weighted by atomic mass is 19.2. The zero-order chi connectivity index (χ0) is 12.4. The van der Waals surface area contributed by atoms with Gasteiger partial charge in [0.05, 0.1) is 11.9 Å². The van der Waals surface area contributed by atoms with Gasteiger partial charge in [-0.2, -0.15) is 0 Å². The first-order chi connectivity index (χ1) is 8.11. The Labute approximate surface area is 94.0 Å². The molecule has 1 aromatic carbocycles. The maximum Gasteiger partial charge on any atom is 0.287 e. The van der Waals surface area contributed by atoms with Crippen molar-refractivity contribution in [1.29, 1.82) is 0 Å². The number of nitrogens with two attached hydrogens (primary N) is 1. The Bertz CT molecular complexity index is 568. The standard InChI is InChI=1S/C9H7F2N5O/c10-6-2-1-5(3-7(6)11)16-4-8(14-15-16)9(17)13-12/h1-4H,12H2,(H,13,17). The number of hydrogen-bond donors (Lipinski definition) is 2. The molecule has 0 spiro atoms. The first-order valence-electron chi connectivity index (χ1n) is 4.50. The molecular weight excluding hydrogens is 232 g/mol. The van der Waals surface area contributed by atoms with Gasteiger partial charge in [-0.25, -0.2) is 19.3 Å². The highest BCUT2D eigenvalue weighted by molar-refractivity contribution is 5.91. The zero-order valence-electron chi connectivity index (χ0n) is 8.39. The average Bonchev–Trinajstić information content (AvgIpc) is 2.81. The van der Waals surface area contributed by atoms with Crippen LogP contribution in [-0.2, 0) is 0 Å². The maximum atomic E-state index is 13.0. The fraction of sp³-hybridized carbons (Fsp3) is 0. The Morgan fingerprint density at radius 1 is 1.35 bits per heavy atom. The summed E-state index contributed by atoms with van der Waals surface area (Å²) in [7, 11) is 0. The topological polar surface area (TPSA) is 85.8 Å². The molecule has 17 heavy (non-hydrogen) atoms. The van der Waals surface area contributed by atoms with Crippen LogP contribution in [0.4, 0.5) is 8.78 Å². The van der Waals surface area contributed by atoms with Gasteiger partial charge in [-0.05, 0) is 12.1 Å². The molecule has 6 nitrogen and oxygen atoms in total.